The molecule has 0 heterocycles. The molecule has 74 valence electrons. The maximum atomic E-state index is 11.4. The van der Waals surface area contributed by atoms with E-state index in [1.54, 1.807) is 30.3 Å². The molecule has 0 aliphatic heterocycles. The van der Waals surface area contributed by atoms with Crippen molar-refractivity contribution < 1.29 is 39.4 Å². The van der Waals surface area contributed by atoms with Crippen LogP contribution in [0.25, 0.3) is 0 Å². The molecule has 2 N–H and O–H groups in total. The summed E-state index contributed by atoms with van der Waals surface area (Å²) in [6.07, 6.45) is 0. The van der Waals surface area contributed by atoms with Crippen molar-refractivity contribution in [3.63, 3.8) is 0 Å². The van der Waals surface area contributed by atoms with E-state index in [0.29, 0.717) is 5.56 Å². The van der Waals surface area contributed by atoms with Crippen LogP contribution in [0, 0.1) is 24.7 Å². The zero-order valence-corrected chi connectivity index (χ0v) is 10.0. The van der Waals surface area contributed by atoms with Gasteiger partial charge in [0.2, 0.25) is 0 Å². The van der Waals surface area contributed by atoms with Crippen LogP contribution in [-0.4, -0.2) is 20.7 Å². The van der Waals surface area contributed by atoms with Crippen molar-refractivity contribution in [3.05, 3.63) is 35.9 Å². The second kappa shape index (κ2) is 5.06. The number of hydrogen-bond acceptors (Lipinski definition) is 2. The molecule has 1 aromatic carbocycles. The van der Waals surface area contributed by atoms with Gasteiger partial charge in [-0.25, -0.2) is 0 Å². The third kappa shape index (κ3) is 3.07. The number of aliphatic carboxylic acids is 1. The first kappa shape index (κ1) is 11.1. The van der Waals surface area contributed by atoms with Crippen LogP contribution >= 0.6 is 0 Å². The zero-order valence-electron chi connectivity index (χ0n) is 7.11. The third-order valence-corrected chi connectivity index (χ3v) is 2.66. The molecule has 1 unspecified atom stereocenters. The molecule has 0 bridgehead atoms. The van der Waals surface area contributed by atoms with Crippen LogP contribution in [-0.2, 0) is 4.79 Å². The summed E-state index contributed by atoms with van der Waals surface area (Å²) in [5, 5.41) is 11.0. The minimum atomic E-state index is -1.02. The summed E-state index contributed by atoms with van der Waals surface area (Å²) in [6.45, 7) is 0. The van der Waals surface area contributed by atoms with Crippen LogP contribution in [0.1, 0.15) is 10.4 Å². The number of carboxylic acids is 1. The average Bonchev–Trinajstić information content (AvgIpc) is 2.19. The minimum absolute atomic E-state index is 0.361. The van der Waals surface area contributed by atoms with Crippen LogP contribution in [0.3, 0.4) is 0 Å². The predicted octanol–water partition coefficient (Wildman–Crippen LogP) is 0.376. The summed E-state index contributed by atoms with van der Waals surface area (Å²) in [7, 11) is 0. The fourth-order valence-corrected chi connectivity index (χ4v) is 1.23. The number of rotatable bonds is 3. The van der Waals surface area contributed by atoms with Crippen molar-refractivity contribution in [2.24, 2.45) is 0 Å². The Hall–Kier alpha value is -0.957. The van der Waals surface area contributed by atoms with Crippen molar-refractivity contribution in [1.82, 2.24) is 5.32 Å². The molecule has 14 heavy (non-hydrogen) atoms. The van der Waals surface area contributed by atoms with E-state index in [9.17, 15) is 9.59 Å². The first-order valence-electron chi connectivity index (χ1n) is 3.84. The molecule has 0 saturated heterocycles. The van der Waals surface area contributed by atoms with Crippen LogP contribution in [0.2, 0.25) is 0 Å². The van der Waals surface area contributed by atoms with E-state index < -0.39 is 9.72 Å². The number of hydrogen-bond donors (Lipinski definition) is 2. The third-order valence-electron chi connectivity index (χ3n) is 1.51. The molecule has 1 aromatic rings. The zero-order chi connectivity index (χ0) is 10.6. The Morgan fingerprint density at radius 3 is 2.36 bits per heavy atom. The average molecular weight is 388 g/mol. The van der Waals surface area contributed by atoms with Gasteiger partial charge >= 0.3 is 96.3 Å². The van der Waals surface area contributed by atoms with E-state index in [0.717, 1.165) is 24.7 Å². The SMILES string of the molecule is O=C(NC([At])C(=O)O)c1ccccc1. The van der Waals surface area contributed by atoms with E-state index in [2.05, 4.69) is 5.32 Å². The summed E-state index contributed by atoms with van der Waals surface area (Å²) in [5.74, 6) is -1.38. The van der Waals surface area contributed by atoms with Crippen molar-refractivity contribution in [2.45, 2.75) is 3.75 Å². The van der Waals surface area contributed by atoms with Crippen molar-refractivity contribution >= 4 is 11.9 Å². The van der Waals surface area contributed by atoms with Crippen LogP contribution in [0.5, 0.6) is 0 Å². The van der Waals surface area contributed by atoms with Gasteiger partial charge in [-0.3, -0.25) is 0 Å². The molecule has 0 spiro atoms. The quantitative estimate of drug-likeness (QED) is 0.787. The standard InChI is InChI=1S/C9H8AtNO3/c10-7(9(13)14)11-8(12)6-4-2-1-3-5-6/h1-5,7H,(H,11,12)(H,13,14). The first-order chi connectivity index (χ1) is 6.61. The van der Waals surface area contributed by atoms with Gasteiger partial charge in [-0.05, 0) is 0 Å². The van der Waals surface area contributed by atoms with Gasteiger partial charge in [-0.1, -0.05) is 0 Å². The summed E-state index contributed by atoms with van der Waals surface area (Å²) < 4.78 is -0.817. The van der Waals surface area contributed by atoms with Crippen molar-refractivity contribution in [3.8, 4) is 0 Å². The van der Waals surface area contributed by atoms with Crippen LogP contribution in [0.15, 0.2) is 30.3 Å². The van der Waals surface area contributed by atoms with Gasteiger partial charge in [0.05, 0.1) is 0 Å². The fourth-order valence-electron chi connectivity index (χ4n) is 0.850. The molecule has 1 rings (SSSR count). The van der Waals surface area contributed by atoms with Gasteiger partial charge in [0.15, 0.2) is 0 Å². The molecule has 4 nitrogen and oxygen atoms in total. The summed E-state index contributed by atoms with van der Waals surface area (Å²) in [6, 6.07) is 8.52. The van der Waals surface area contributed by atoms with Crippen LogP contribution in [0.4, 0.5) is 0 Å². The number of amides is 1. The van der Waals surface area contributed by atoms with Crippen LogP contribution < -0.4 is 5.32 Å². The molecular weight excluding hydrogens is 380 g/mol. The summed E-state index contributed by atoms with van der Waals surface area (Å²) in [4.78, 5) is 21.9. The summed E-state index contributed by atoms with van der Waals surface area (Å²) in [5.41, 5.74) is 0.468. The predicted molar refractivity (Wildman–Crippen MR) is 45.3 cm³/mol. The van der Waals surface area contributed by atoms with Gasteiger partial charge in [-0.2, -0.15) is 0 Å². The first-order valence-corrected chi connectivity index (χ1v) is 5.53. The maximum absolute atomic E-state index is 11.4. The van der Waals surface area contributed by atoms with Gasteiger partial charge in [0, 0.05) is 0 Å². The van der Waals surface area contributed by atoms with Crippen molar-refractivity contribution in [2.75, 3.05) is 0 Å². The number of benzene rings is 1. The molecule has 5 heteroatoms. The molecule has 0 fully saturated rings. The molecule has 0 aliphatic rings. The molecule has 1 atom stereocenters. The monoisotopic (exact) mass is 388 g/mol. The van der Waals surface area contributed by atoms with Crippen molar-refractivity contribution in [1.29, 1.82) is 0 Å². The van der Waals surface area contributed by atoms with Gasteiger partial charge in [-0.15, -0.1) is 0 Å². The van der Waals surface area contributed by atoms with Gasteiger partial charge in [0.1, 0.15) is 0 Å². The van der Waals surface area contributed by atoms with E-state index >= 15 is 0 Å². The molecular formula is C9H8AtNO3. The van der Waals surface area contributed by atoms with E-state index in [-0.39, 0.29) is 5.91 Å². The second-order valence-corrected chi connectivity index (χ2v) is 4.24. The Bertz CT molecular complexity index is 339. The van der Waals surface area contributed by atoms with E-state index in [1.165, 1.54) is 0 Å². The normalized spacial score (nSPS) is 11.8. The summed E-state index contributed by atoms with van der Waals surface area (Å²) >= 11 is 1.01. The Labute approximate surface area is 96.2 Å². The van der Waals surface area contributed by atoms with Gasteiger partial charge < -0.3 is 0 Å². The second-order valence-electron chi connectivity index (χ2n) is 2.54. The number of carboxylic acid groups (broad SMARTS) is 1. The molecule has 0 aromatic heterocycles. The Morgan fingerprint density at radius 2 is 1.86 bits per heavy atom. The molecule has 0 radical (unpaired) electrons. The van der Waals surface area contributed by atoms with Gasteiger partial charge in [0.25, 0.3) is 0 Å². The number of carbonyl (C=O) groups excluding carboxylic acids is 1. The van der Waals surface area contributed by atoms with E-state index in [1.807, 2.05) is 0 Å². The molecule has 0 saturated carbocycles. The Morgan fingerprint density at radius 1 is 1.29 bits per heavy atom. The Balaban J connectivity index is 2.64. The number of nitrogens with one attached hydrogen (secondary N) is 1. The Kier molecular flexibility index (Phi) is 4.02. The number of carbonyl (C=O) groups is 2. The molecule has 1 amide bonds. The molecule has 0 aliphatic carbocycles. The van der Waals surface area contributed by atoms with E-state index in [4.69, 9.17) is 5.11 Å². The fraction of sp³-hybridized carbons (Fsp3) is 0.111. The topological polar surface area (TPSA) is 66.4 Å².